The number of likely N-dealkylation sites (tertiary alicyclic amines) is 1. The lowest BCUT2D eigenvalue weighted by Crippen LogP contribution is -2.58. The molecule has 2 aliphatic heterocycles. The number of rotatable bonds is 14. The lowest BCUT2D eigenvalue weighted by molar-refractivity contribution is -0.118. The van der Waals surface area contributed by atoms with Gasteiger partial charge < -0.3 is 36.2 Å². The quantitative estimate of drug-likeness (QED) is 0.160. The highest BCUT2D eigenvalue weighted by molar-refractivity contribution is 5.93. The Bertz CT molecular complexity index is 1170. The van der Waals surface area contributed by atoms with E-state index in [1.807, 2.05) is 12.1 Å². The molecule has 230 valence electrons. The van der Waals surface area contributed by atoms with Crippen molar-refractivity contribution >= 4 is 5.91 Å². The summed E-state index contributed by atoms with van der Waals surface area (Å²) in [6.45, 7) is 17.2. The first-order valence-electron chi connectivity index (χ1n) is 14.7. The summed E-state index contributed by atoms with van der Waals surface area (Å²) in [4.78, 5) is 20.2. The molecule has 0 saturated carbocycles. The maximum atomic E-state index is 13.1. The summed E-state index contributed by atoms with van der Waals surface area (Å²) >= 11 is 0. The van der Waals surface area contributed by atoms with E-state index in [-0.39, 0.29) is 25.7 Å². The predicted octanol–water partition coefficient (Wildman–Crippen LogP) is 1.21. The summed E-state index contributed by atoms with van der Waals surface area (Å²) in [5, 5.41) is 33.3. The van der Waals surface area contributed by atoms with Crippen LogP contribution in [0.5, 0.6) is 5.75 Å². The number of ether oxygens (including phenoxy) is 1. The van der Waals surface area contributed by atoms with E-state index in [1.54, 1.807) is 13.0 Å². The first-order valence-corrected chi connectivity index (χ1v) is 14.7. The number of allylic oxidation sites excluding steroid dienone is 1. The first-order chi connectivity index (χ1) is 20.2. The molecule has 1 amide bonds. The van der Waals surface area contributed by atoms with Gasteiger partial charge in [-0.05, 0) is 51.4 Å². The molecule has 42 heavy (non-hydrogen) atoms. The standard InChI is InChI=1S/C31H47N7O4/c1-5-27-21-37(24(4)31(41)35-30(22(2)33)23(3)34-10-15-39)13-14-38(27)28-8-11-36(12-9-28)20-26-7-6-25(19-32)18-29(26)42-17-16-40/h6-7,18,27-28,34,39-40H,3-5,8-17,20-21,33H2,1-2H3,(H,35,41)/b30-22+. The van der Waals surface area contributed by atoms with Crippen LogP contribution in [-0.4, -0.2) is 102 Å². The molecular formula is C31H47N7O4. The van der Waals surface area contributed by atoms with Crippen LogP contribution >= 0.6 is 0 Å². The summed E-state index contributed by atoms with van der Waals surface area (Å²) in [5.41, 5.74) is 9.23. The number of nitrogens with one attached hydrogen (secondary N) is 2. The average Bonchev–Trinajstić information content (AvgIpc) is 3.01. The van der Waals surface area contributed by atoms with Gasteiger partial charge in [-0.15, -0.1) is 0 Å². The molecule has 11 heteroatoms. The number of amides is 1. The molecule has 0 aromatic heterocycles. The van der Waals surface area contributed by atoms with Crippen molar-refractivity contribution in [2.75, 3.05) is 59.1 Å². The molecule has 2 fully saturated rings. The van der Waals surface area contributed by atoms with Gasteiger partial charge in [-0.2, -0.15) is 5.26 Å². The third-order valence-electron chi connectivity index (χ3n) is 7.99. The van der Waals surface area contributed by atoms with E-state index >= 15 is 0 Å². The van der Waals surface area contributed by atoms with Gasteiger partial charge in [0.2, 0.25) is 0 Å². The Morgan fingerprint density at radius 2 is 1.93 bits per heavy atom. The molecule has 6 N–H and O–H groups in total. The van der Waals surface area contributed by atoms with Crippen molar-refractivity contribution in [2.24, 2.45) is 5.73 Å². The highest BCUT2D eigenvalue weighted by atomic mass is 16.5. The van der Waals surface area contributed by atoms with Gasteiger partial charge in [-0.3, -0.25) is 14.6 Å². The Kier molecular flexibility index (Phi) is 12.7. The van der Waals surface area contributed by atoms with E-state index in [1.165, 1.54) is 0 Å². The summed E-state index contributed by atoms with van der Waals surface area (Å²) in [5.74, 6) is 0.343. The topological polar surface area (TPSA) is 150 Å². The maximum absolute atomic E-state index is 13.1. The molecule has 0 aliphatic carbocycles. The molecule has 3 rings (SSSR count). The van der Waals surface area contributed by atoms with E-state index in [2.05, 4.69) is 51.5 Å². The van der Waals surface area contributed by atoms with E-state index in [4.69, 9.17) is 15.6 Å². The molecule has 0 spiro atoms. The number of nitrogens with two attached hydrogens (primary N) is 1. The molecule has 1 atom stereocenters. The SMILES string of the molecule is C=C(NCCO)/C(NC(=O)C(=C)N1CCN(C2CCN(Cc3ccc(C#N)cc3OCCO)CC2)C(CC)C1)=C(/C)N. The number of carbonyl (C=O) groups excluding carboxylic acids is 1. The minimum Gasteiger partial charge on any atom is -0.491 e. The van der Waals surface area contributed by atoms with E-state index in [0.717, 1.165) is 57.5 Å². The van der Waals surface area contributed by atoms with E-state index < -0.39 is 0 Å². The fraction of sp³-hybridized carbons (Fsp3) is 0.548. The van der Waals surface area contributed by atoms with Crippen molar-refractivity contribution in [2.45, 2.75) is 51.7 Å². The smallest absolute Gasteiger partial charge is 0.271 e. The molecule has 11 nitrogen and oxygen atoms in total. The Hall–Kier alpha value is -3.56. The van der Waals surface area contributed by atoms with Crippen LogP contribution in [-0.2, 0) is 11.3 Å². The van der Waals surface area contributed by atoms with Gasteiger partial charge >= 0.3 is 0 Å². The lowest BCUT2D eigenvalue weighted by Gasteiger charge is -2.48. The molecule has 1 aromatic carbocycles. The average molecular weight is 582 g/mol. The number of piperazine rings is 1. The summed E-state index contributed by atoms with van der Waals surface area (Å²) in [6, 6.07) is 8.44. The highest BCUT2D eigenvalue weighted by Crippen LogP contribution is 2.28. The Balaban J connectivity index is 1.55. The number of benzene rings is 1. The first kappa shape index (κ1) is 32.9. The van der Waals surface area contributed by atoms with Crippen molar-refractivity contribution in [3.8, 4) is 11.8 Å². The lowest BCUT2D eigenvalue weighted by atomic mass is 9.97. The van der Waals surface area contributed by atoms with Gasteiger partial charge in [0.25, 0.3) is 5.91 Å². The van der Waals surface area contributed by atoms with Crippen LogP contribution in [0.1, 0.15) is 44.2 Å². The zero-order valence-electron chi connectivity index (χ0n) is 25.1. The Morgan fingerprint density at radius 1 is 1.19 bits per heavy atom. The fourth-order valence-corrected chi connectivity index (χ4v) is 5.69. The summed E-state index contributed by atoms with van der Waals surface area (Å²) in [6.07, 6.45) is 3.07. The molecule has 2 heterocycles. The zero-order valence-corrected chi connectivity index (χ0v) is 25.1. The normalized spacial score (nSPS) is 19.0. The van der Waals surface area contributed by atoms with Gasteiger partial charge in [0.15, 0.2) is 0 Å². The van der Waals surface area contributed by atoms with Crippen molar-refractivity contribution < 1.29 is 19.7 Å². The molecule has 2 saturated heterocycles. The largest absolute Gasteiger partial charge is 0.491 e. The number of nitrogens with zero attached hydrogens (tertiary/aromatic N) is 4. The second kappa shape index (κ2) is 16.2. The fourth-order valence-electron chi connectivity index (χ4n) is 5.69. The molecule has 0 radical (unpaired) electrons. The Morgan fingerprint density at radius 3 is 2.55 bits per heavy atom. The minimum atomic E-state index is -0.316. The van der Waals surface area contributed by atoms with Gasteiger partial charge in [0, 0.05) is 56.1 Å². The molecule has 1 unspecified atom stereocenters. The van der Waals surface area contributed by atoms with Crippen molar-refractivity contribution in [3.05, 3.63) is 65.3 Å². The maximum Gasteiger partial charge on any atom is 0.271 e. The number of aliphatic hydroxyl groups excluding tert-OH is 2. The van der Waals surface area contributed by atoms with Gasteiger partial charge in [-0.1, -0.05) is 26.1 Å². The van der Waals surface area contributed by atoms with Crippen molar-refractivity contribution in [1.82, 2.24) is 25.3 Å². The number of hydrogen-bond acceptors (Lipinski definition) is 10. The minimum absolute atomic E-state index is 0.0588. The van der Waals surface area contributed by atoms with E-state index in [0.29, 0.717) is 59.3 Å². The summed E-state index contributed by atoms with van der Waals surface area (Å²) in [7, 11) is 0. The third-order valence-corrected chi connectivity index (χ3v) is 7.99. The second-order valence-electron chi connectivity index (χ2n) is 10.8. The van der Waals surface area contributed by atoms with Crippen LogP contribution in [0, 0.1) is 11.3 Å². The van der Waals surface area contributed by atoms with Gasteiger partial charge in [0.05, 0.1) is 41.9 Å². The van der Waals surface area contributed by atoms with Crippen LogP contribution in [0.3, 0.4) is 0 Å². The molecular weight excluding hydrogens is 534 g/mol. The van der Waals surface area contributed by atoms with E-state index in [9.17, 15) is 15.2 Å². The zero-order chi connectivity index (χ0) is 30.6. The number of carbonyl (C=O) groups is 1. The van der Waals surface area contributed by atoms with Gasteiger partial charge in [-0.25, -0.2) is 0 Å². The number of aliphatic hydroxyl groups is 2. The van der Waals surface area contributed by atoms with Crippen LogP contribution < -0.4 is 21.1 Å². The highest BCUT2D eigenvalue weighted by Gasteiger charge is 2.34. The Labute approximate surface area is 249 Å². The molecule has 1 aromatic rings. The van der Waals surface area contributed by atoms with Crippen LogP contribution in [0.2, 0.25) is 0 Å². The molecule has 2 aliphatic rings. The predicted molar refractivity (Wildman–Crippen MR) is 163 cm³/mol. The van der Waals surface area contributed by atoms with Crippen molar-refractivity contribution in [1.29, 1.82) is 5.26 Å². The van der Waals surface area contributed by atoms with Crippen molar-refractivity contribution in [3.63, 3.8) is 0 Å². The number of nitriles is 1. The third kappa shape index (κ3) is 8.72. The monoisotopic (exact) mass is 581 g/mol. The van der Waals surface area contributed by atoms with Crippen LogP contribution in [0.4, 0.5) is 0 Å². The second-order valence-corrected chi connectivity index (χ2v) is 10.8. The van der Waals surface area contributed by atoms with Gasteiger partial charge in [0.1, 0.15) is 12.4 Å². The number of piperidine rings is 1. The van der Waals surface area contributed by atoms with Crippen LogP contribution in [0.15, 0.2) is 54.1 Å². The van der Waals surface area contributed by atoms with Crippen LogP contribution in [0.25, 0.3) is 0 Å². The molecule has 0 bridgehead atoms. The number of hydrogen-bond donors (Lipinski definition) is 5. The summed E-state index contributed by atoms with van der Waals surface area (Å²) < 4.78 is 5.72.